The summed E-state index contributed by atoms with van der Waals surface area (Å²) >= 11 is 0. The number of rotatable bonds is 5. The third kappa shape index (κ3) is 4.05. The molecular weight excluding hydrogens is 267 g/mol. The number of para-hydroxylation sites is 1. The van der Waals surface area contributed by atoms with Gasteiger partial charge in [-0.1, -0.05) is 30.3 Å². The van der Waals surface area contributed by atoms with Crippen molar-refractivity contribution in [3.8, 4) is 5.75 Å². The minimum atomic E-state index is -1.08. The molecule has 0 aromatic heterocycles. The number of halogens is 1. The molecule has 21 heavy (non-hydrogen) atoms. The van der Waals surface area contributed by atoms with E-state index in [9.17, 15) is 9.50 Å². The Kier molecular flexibility index (Phi) is 4.63. The summed E-state index contributed by atoms with van der Waals surface area (Å²) in [4.78, 5) is 0. The van der Waals surface area contributed by atoms with Gasteiger partial charge in [0.2, 0.25) is 0 Å². The van der Waals surface area contributed by atoms with Crippen LogP contribution in [0.25, 0.3) is 0 Å². The molecule has 0 fully saturated rings. The molecule has 0 bridgehead atoms. The molecule has 2 aromatic rings. The third-order valence-corrected chi connectivity index (χ3v) is 3.29. The first-order chi connectivity index (χ1) is 9.88. The van der Waals surface area contributed by atoms with Crippen LogP contribution in [0.1, 0.15) is 31.9 Å². The lowest BCUT2D eigenvalue weighted by atomic mass is 9.88. The molecule has 0 heterocycles. The molecule has 0 aliphatic rings. The molecule has 2 aromatic carbocycles. The van der Waals surface area contributed by atoms with Crippen molar-refractivity contribution in [3.63, 3.8) is 0 Å². The average molecular weight is 288 g/mol. The van der Waals surface area contributed by atoms with Crippen molar-refractivity contribution in [3.05, 3.63) is 65.5 Å². The maximum Gasteiger partial charge on any atom is 0.125 e. The standard InChI is InChI=1S/C18H21FO2/c1-13(2)21-17-7-5-4-6-16(17)18(3,20)12-14-8-10-15(19)11-9-14/h4-11,13,20H,12H2,1-3H3. The molecule has 0 saturated heterocycles. The van der Waals surface area contributed by atoms with Gasteiger partial charge >= 0.3 is 0 Å². The molecule has 0 radical (unpaired) electrons. The topological polar surface area (TPSA) is 29.5 Å². The molecule has 112 valence electrons. The van der Waals surface area contributed by atoms with Crippen LogP contribution < -0.4 is 4.74 Å². The van der Waals surface area contributed by atoms with E-state index in [2.05, 4.69) is 0 Å². The SMILES string of the molecule is CC(C)Oc1ccccc1C(C)(O)Cc1ccc(F)cc1. The monoisotopic (exact) mass is 288 g/mol. The van der Waals surface area contributed by atoms with Crippen LogP contribution in [0.15, 0.2) is 48.5 Å². The minimum absolute atomic E-state index is 0.0350. The van der Waals surface area contributed by atoms with Crippen molar-refractivity contribution in [2.75, 3.05) is 0 Å². The zero-order chi connectivity index (χ0) is 15.5. The first kappa shape index (κ1) is 15.5. The van der Waals surface area contributed by atoms with Crippen molar-refractivity contribution >= 4 is 0 Å². The molecule has 0 aliphatic carbocycles. The number of hydrogen-bond donors (Lipinski definition) is 1. The Balaban J connectivity index is 2.28. The van der Waals surface area contributed by atoms with E-state index in [1.807, 2.05) is 38.1 Å². The Labute approximate surface area is 125 Å². The number of hydrogen-bond acceptors (Lipinski definition) is 2. The van der Waals surface area contributed by atoms with Crippen LogP contribution in [-0.4, -0.2) is 11.2 Å². The predicted octanol–water partition coefficient (Wildman–Crippen LogP) is 4.06. The number of ether oxygens (including phenoxy) is 1. The lowest BCUT2D eigenvalue weighted by Crippen LogP contribution is -2.25. The average Bonchev–Trinajstić information content (AvgIpc) is 2.41. The molecule has 2 nitrogen and oxygen atoms in total. The van der Waals surface area contributed by atoms with Gasteiger partial charge in [-0.25, -0.2) is 4.39 Å². The van der Waals surface area contributed by atoms with E-state index in [0.717, 1.165) is 11.1 Å². The highest BCUT2D eigenvalue weighted by atomic mass is 19.1. The molecular formula is C18H21FO2. The van der Waals surface area contributed by atoms with E-state index in [1.165, 1.54) is 12.1 Å². The molecule has 0 spiro atoms. The summed E-state index contributed by atoms with van der Waals surface area (Å²) in [6.45, 7) is 5.65. The van der Waals surface area contributed by atoms with Crippen molar-refractivity contribution in [2.24, 2.45) is 0 Å². The van der Waals surface area contributed by atoms with Crippen LogP contribution in [0.4, 0.5) is 4.39 Å². The van der Waals surface area contributed by atoms with Gasteiger partial charge in [0.05, 0.1) is 11.7 Å². The normalized spacial score (nSPS) is 14.0. The van der Waals surface area contributed by atoms with Gasteiger partial charge in [-0.15, -0.1) is 0 Å². The van der Waals surface area contributed by atoms with Crippen molar-refractivity contribution in [1.82, 2.24) is 0 Å². The lowest BCUT2D eigenvalue weighted by Gasteiger charge is -2.27. The summed E-state index contributed by atoms with van der Waals surface area (Å²) in [5, 5.41) is 10.8. The molecule has 0 amide bonds. The lowest BCUT2D eigenvalue weighted by molar-refractivity contribution is 0.0529. The van der Waals surface area contributed by atoms with E-state index in [4.69, 9.17) is 4.74 Å². The van der Waals surface area contributed by atoms with Crippen molar-refractivity contribution < 1.29 is 14.2 Å². The highest BCUT2D eigenvalue weighted by molar-refractivity contribution is 5.39. The van der Waals surface area contributed by atoms with E-state index in [1.54, 1.807) is 19.1 Å². The fraction of sp³-hybridized carbons (Fsp3) is 0.333. The second-order valence-electron chi connectivity index (χ2n) is 5.74. The van der Waals surface area contributed by atoms with Crippen LogP contribution >= 0.6 is 0 Å². The maximum atomic E-state index is 13.0. The highest BCUT2D eigenvalue weighted by Crippen LogP contribution is 2.33. The zero-order valence-electron chi connectivity index (χ0n) is 12.6. The summed E-state index contributed by atoms with van der Waals surface area (Å²) in [6.07, 6.45) is 0.430. The zero-order valence-corrected chi connectivity index (χ0v) is 12.6. The molecule has 2 rings (SSSR count). The Bertz CT molecular complexity index is 588. The summed E-state index contributed by atoms with van der Waals surface area (Å²) in [7, 11) is 0. The van der Waals surface area contributed by atoms with Gasteiger partial charge in [-0.2, -0.15) is 0 Å². The Hall–Kier alpha value is -1.87. The summed E-state index contributed by atoms with van der Waals surface area (Å²) in [6, 6.07) is 13.7. The van der Waals surface area contributed by atoms with Crippen LogP contribution in [0.5, 0.6) is 5.75 Å². The second kappa shape index (κ2) is 6.27. The summed E-state index contributed by atoms with van der Waals surface area (Å²) in [5.41, 5.74) is 0.535. The number of benzene rings is 2. The van der Waals surface area contributed by atoms with E-state index < -0.39 is 5.60 Å². The molecule has 1 unspecified atom stereocenters. The van der Waals surface area contributed by atoms with Crippen LogP contribution in [0, 0.1) is 5.82 Å². The van der Waals surface area contributed by atoms with Crippen LogP contribution in [0.2, 0.25) is 0 Å². The maximum absolute atomic E-state index is 13.0. The third-order valence-electron chi connectivity index (χ3n) is 3.29. The van der Waals surface area contributed by atoms with Crippen LogP contribution in [0.3, 0.4) is 0 Å². The second-order valence-corrected chi connectivity index (χ2v) is 5.74. The van der Waals surface area contributed by atoms with Crippen LogP contribution in [-0.2, 0) is 12.0 Å². The first-order valence-electron chi connectivity index (χ1n) is 7.11. The molecule has 1 atom stereocenters. The Morgan fingerprint density at radius 3 is 2.33 bits per heavy atom. The van der Waals surface area contributed by atoms with Crippen molar-refractivity contribution in [1.29, 1.82) is 0 Å². The van der Waals surface area contributed by atoms with Gasteiger partial charge in [0.15, 0.2) is 0 Å². The Morgan fingerprint density at radius 1 is 1.10 bits per heavy atom. The first-order valence-corrected chi connectivity index (χ1v) is 7.11. The van der Waals surface area contributed by atoms with Crippen molar-refractivity contribution in [2.45, 2.75) is 38.9 Å². The Morgan fingerprint density at radius 2 is 1.71 bits per heavy atom. The quantitative estimate of drug-likeness (QED) is 0.899. The molecule has 1 N–H and O–H groups in total. The van der Waals surface area contributed by atoms with E-state index in [0.29, 0.717) is 12.2 Å². The van der Waals surface area contributed by atoms with Gasteiger partial charge in [0, 0.05) is 12.0 Å². The molecule has 0 saturated carbocycles. The fourth-order valence-corrected chi connectivity index (χ4v) is 2.36. The smallest absolute Gasteiger partial charge is 0.125 e. The van der Waals surface area contributed by atoms with Gasteiger partial charge < -0.3 is 9.84 Å². The van der Waals surface area contributed by atoms with E-state index >= 15 is 0 Å². The highest BCUT2D eigenvalue weighted by Gasteiger charge is 2.27. The minimum Gasteiger partial charge on any atom is -0.491 e. The number of aliphatic hydroxyl groups is 1. The van der Waals surface area contributed by atoms with Gasteiger partial charge in [-0.05, 0) is 44.5 Å². The fourth-order valence-electron chi connectivity index (χ4n) is 2.36. The predicted molar refractivity (Wildman–Crippen MR) is 81.9 cm³/mol. The van der Waals surface area contributed by atoms with Gasteiger partial charge in [0.1, 0.15) is 11.6 Å². The molecule has 3 heteroatoms. The summed E-state index contributed by atoms with van der Waals surface area (Å²) in [5.74, 6) is 0.404. The van der Waals surface area contributed by atoms with Gasteiger partial charge in [0.25, 0.3) is 0 Å². The summed E-state index contributed by atoms with van der Waals surface area (Å²) < 4.78 is 18.7. The van der Waals surface area contributed by atoms with Gasteiger partial charge in [-0.3, -0.25) is 0 Å². The molecule has 0 aliphatic heterocycles. The van der Waals surface area contributed by atoms with E-state index in [-0.39, 0.29) is 11.9 Å². The largest absolute Gasteiger partial charge is 0.491 e.